The molecule has 0 spiro atoms. The van der Waals surface area contributed by atoms with Gasteiger partial charge in [-0.3, -0.25) is 4.79 Å². The number of hydrogen-bond donors (Lipinski definition) is 3. The van der Waals surface area contributed by atoms with E-state index >= 15 is 0 Å². The Morgan fingerprint density at radius 3 is 2.67 bits per heavy atom. The lowest BCUT2D eigenvalue weighted by molar-refractivity contribution is -0.117. The molecule has 5 nitrogen and oxygen atoms in total. The molecule has 0 aromatic heterocycles. The van der Waals surface area contributed by atoms with Gasteiger partial charge in [-0.15, -0.1) is 0 Å². The van der Waals surface area contributed by atoms with Crippen molar-refractivity contribution >= 4 is 11.6 Å². The molecule has 1 rings (SSSR count). The molecule has 0 radical (unpaired) electrons. The second-order valence-electron chi connectivity index (χ2n) is 4.61. The lowest BCUT2D eigenvalue weighted by atomic mass is 10.0. The van der Waals surface area contributed by atoms with E-state index in [1.54, 1.807) is 12.1 Å². The predicted molar refractivity (Wildman–Crippen MR) is 70.7 cm³/mol. The number of ether oxygens (including phenoxy) is 1. The number of phenols is 1. The molecule has 4 N–H and O–H groups in total. The monoisotopic (exact) mass is 252 g/mol. The number of nitrogens with one attached hydrogen (secondary N) is 1. The van der Waals surface area contributed by atoms with Crippen LogP contribution in [0, 0.1) is 5.92 Å². The fourth-order valence-electron chi connectivity index (χ4n) is 1.58. The highest BCUT2D eigenvalue weighted by molar-refractivity contribution is 5.95. The fourth-order valence-corrected chi connectivity index (χ4v) is 1.58. The van der Waals surface area contributed by atoms with Crippen molar-refractivity contribution in [2.24, 2.45) is 11.7 Å². The molecule has 0 heterocycles. The molecule has 1 aromatic rings. The number of hydrogen-bond acceptors (Lipinski definition) is 4. The summed E-state index contributed by atoms with van der Waals surface area (Å²) in [5, 5.41) is 12.3. The van der Waals surface area contributed by atoms with Gasteiger partial charge in [-0.05, 0) is 24.5 Å². The number of methoxy groups -OCH3 is 1. The summed E-state index contributed by atoms with van der Waals surface area (Å²) >= 11 is 0. The average Bonchev–Trinajstić information content (AvgIpc) is 2.30. The molecule has 0 bridgehead atoms. The minimum Gasteiger partial charge on any atom is -0.506 e. The zero-order chi connectivity index (χ0) is 13.7. The topological polar surface area (TPSA) is 84.6 Å². The van der Waals surface area contributed by atoms with Gasteiger partial charge in [-0.2, -0.15) is 0 Å². The largest absolute Gasteiger partial charge is 0.506 e. The number of anilines is 1. The van der Waals surface area contributed by atoms with Crippen molar-refractivity contribution in [1.82, 2.24) is 0 Å². The van der Waals surface area contributed by atoms with E-state index in [-0.39, 0.29) is 11.7 Å². The molecular weight excluding hydrogens is 232 g/mol. The summed E-state index contributed by atoms with van der Waals surface area (Å²) < 4.78 is 4.96. The highest BCUT2D eigenvalue weighted by Crippen LogP contribution is 2.27. The minimum absolute atomic E-state index is 0.0422. The highest BCUT2D eigenvalue weighted by Gasteiger charge is 2.16. The lowest BCUT2D eigenvalue weighted by Crippen LogP contribution is -2.36. The number of carbonyl (C=O) groups is 1. The van der Waals surface area contributed by atoms with Gasteiger partial charge in [0.25, 0.3) is 0 Å². The SMILES string of the molecule is COc1ccc(NC(=O)[C@@H](N)CC(C)C)c(O)c1. The van der Waals surface area contributed by atoms with Gasteiger partial charge in [0.2, 0.25) is 5.91 Å². The van der Waals surface area contributed by atoms with Gasteiger partial charge in [0.1, 0.15) is 11.5 Å². The van der Waals surface area contributed by atoms with Crippen LogP contribution < -0.4 is 15.8 Å². The second-order valence-corrected chi connectivity index (χ2v) is 4.61. The number of benzene rings is 1. The van der Waals surface area contributed by atoms with E-state index in [1.807, 2.05) is 13.8 Å². The molecule has 0 aliphatic rings. The molecule has 1 aromatic carbocycles. The van der Waals surface area contributed by atoms with E-state index in [2.05, 4.69) is 5.32 Å². The van der Waals surface area contributed by atoms with Gasteiger partial charge in [-0.25, -0.2) is 0 Å². The zero-order valence-corrected chi connectivity index (χ0v) is 10.9. The number of nitrogens with two attached hydrogens (primary N) is 1. The Morgan fingerprint density at radius 2 is 2.17 bits per heavy atom. The molecule has 0 aliphatic carbocycles. The molecule has 0 aliphatic heterocycles. The Kier molecular flexibility index (Phi) is 4.97. The van der Waals surface area contributed by atoms with E-state index in [4.69, 9.17) is 10.5 Å². The maximum absolute atomic E-state index is 11.8. The molecule has 0 fully saturated rings. The van der Waals surface area contributed by atoms with Gasteiger partial charge in [-0.1, -0.05) is 13.8 Å². The smallest absolute Gasteiger partial charge is 0.241 e. The molecule has 100 valence electrons. The van der Waals surface area contributed by atoms with Crippen LogP contribution in [0.15, 0.2) is 18.2 Å². The maximum atomic E-state index is 11.8. The summed E-state index contributed by atoms with van der Waals surface area (Å²) in [5.41, 5.74) is 6.09. The first-order chi connectivity index (χ1) is 8.43. The van der Waals surface area contributed by atoms with Crippen LogP contribution in [0.5, 0.6) is 11.5 Å². The third-order valence-electron chi connectivity index (χ3n) is 2.52. The van der Waals surface area contributed by atoms with Gasteiger partial charge >= 0.3 is 0 Å². The first-order valence-electron chi connectivity index (χ1n) is 5.87. The Labute approximate surface area is 107 Å². The Balaban J connectivity index is 2.70. The molecule has 5 heteroatoms. The summed E-state index contributed by atoms with van der Waals surface area (Å²) in [6.45, 7) is 4.00. The molecule has 1 atom stereocenters. The Hall–Kier alpha value is -1.75. The first kappa shape index (κ1) is 14.3. The van der Waals surface area contributed by atoms with Crippen molar-refractivity contribution in [3.63, 3.8) is 0 Å². The summed E-state index contributed by atoms with van der Waals surface area (Å²) in [5.74, 6) is 0.524. The van der Waals surface area contributed by atoms with E-state index in [0.29, 0.717) is 23.8 Å². The van der Waals surface area contributed by atoms with Crippen LogP contribution in [0.2, 0.25) is 0 Å². The molecule has 18 heavy (non-hydrogen) atoms. The number of aromatic hydroxyl groups is 1. The maximum Gasteiger partial charge on any atom is 0.241 e. The quantitative estimate of drug-likeness (QED) is 0.696. The number of phenolic OH excluding ortho intramolecular Hbond substituents is 1. The minimum atomic E-state index is -0.577. The third-order valence-corrected chi connectivity index (χ3v) is 2.52. The number of amides is 1. The van der Waals surface area contributed by atoms with Gasteiger partial charge in [0.05, 0.1) is 18.8 Å². The predicted octanol–water partition coefficient (Wildman–Crippen LogP) is 1.71. The number of carbonyl (C=O) groups excluding carboxylic acids is 1. The van der Waals surface area contributed by atoms with Gasteiger partial charge in [0, 0.05) is 6.07 Å². The fraction of sp³-hybridized carbons (Fsp3) is 0.462. The molecule has 1 amide bonds. The van der Waals surface area contributed by atoms with E-state index in [1.165, 1.54) is 13.2 Å². The summed E-state index contributed by atoms with van der Waals surface area (Å²) in [7, 11) is 1.51. The van der Waals surface area contributed by atoms with E-state index in [9.17, 15) is 9.90 Å². The zero-order valence-electron chi connectivity index (χ0n) is 10.9. The summed E-state index contributed by atoms with van der Waals surface area (Å²) in [6.07, 6.45) is 0.600. The van der Waals surface area contributed by atoms with E-state index in [0.717, 1.165) is 0 Å². The lowest BCUT2D eigenvalue weighted by Gasteiger charge is -2.15. The molecule has 0 unspecified atom stereocenters. The standard InChI is InChI=1S/C13H20N2O3/c1-8(2)6-10(14)13(17)15-11-5-4-9(18-3)7-12(11)16/h4-5,7-8,10,16H,6,14H2,1-3H3,(H,15,17)/t10-/m0/s1. The highest BCUT2D eigenvalue weighted by atomic mass is 16.5. The van der Waals surface area contributed by atoms with E-state index < -0.39 is 6.04 Å². The van der Waals surface area contributed by atoms with Crippen LogP contribution in [0.25, 0.3) is 0 Å². The van der Waals surface area contributed by atoms with Crippen molar-refractivity contribution in [3.8, 4) is 11.5 Å². The van der Waals surface area contributed by atoms with Crippen LogP contribution in [0.4, 0.5) is 5.69 Å². The number of rotatable bonds is 5. The molecular formula is C13H20N2O3. The Bertz CT molecular complexity index is 419. The van der Waals surface area contributed by atoms with Crippen molar-refractivity contribution in [3.05, 3.63) is 18.2 Å². The second kappa shape index (κ2) is 6.26. The van der Waals surface area contributed by atoms with Crippen molar-refractivity contribution in [1.29, 1.82) is 0 Å². The van der Waals surface area contributed by atoms with Crippen LogP contribution in [0.3, 0.4) is 0 Å². The van der Waals surface area contributed by atoms with Crippen LogP contribution in [0.1, 0.15) is 20.3 Å². The van der Waals surface area contributed by atoms with Crippen molar-refractivity contribution in [2.45, 2.75) is 26.3 Å². The van der Waals surface area contributed by atoms with Crippen LogP contribution >= 0.6 is 0 Å². The summed E-state index contributed by atoms with van der Waals surface area (Å²) in [6, 6.07) is 4.09. The Morgan fingerprint density at radius 1 is 1.50 bits per heavy atom. The van der Waals surface area contributed by atoms with Crippen molar-refractivity contribution in [2.75, 3.05) is 12.4 Å². The van der Waals surface area contributed by atoms with Crippen LogP contribution in [-0.4, -0.2) is 24.2 Å². The first-order valence-corrected chi connectivity index (χ1v) is 5.87. The summed E-state index contributed by atoms with van der Waals surface area (Å²) in [4.78, 5) is 11.8. The molecule has 0 saturated heterocycles. The van der Waals surface area contributed by atoms with Gasteiger partial charge < -0.3 is 20.9 Å². The van der Waals surface area contributed by atoms with Gasteiger partial charge in [0.15, 0.2) is 0 Å². The molecule has 0 saturated carbocycles. The average molecular weight is 252 g/mol. The third kappa shape index (κ3) is 3.92. The normalized spacial score (nSPS) is 12.3. The van der Waals surface area contributed by atoms with Crippen LogP contribution in [-0.2, 0) is 4.79 Å². The van der Waals surface area contributed by atoms with Crippen molar-refractivity contribution < 1.29 is 14.6 Å².